The first-order chi connectivity index (χ1) is 14.1. The summed E-state index contributed by atoms with van der Waals surface area (Å²) in [4.78, 5) is 6.86. The molecular formula is C25H29N3O. The summed E-state index contributed by atoms with van der Waals surface area (Å²) in [5, 5.41) is 12.9. The Labute approximate surface area is 173 Å². The number of anilines is 1. The number of benzene rings is 2. The summed E-state index contributed by atoms with van der Waals surface area (Å²) in [6.07, 6.45) is 2.84. The van der Waals surface area contributed by atoms with Crippen LogP contribution >= 0.6 is 0 Å². The molecule has 0 saturated heterocycles. The second-order valence-corrected chi connectivity index (χ2v) is 7.05. The van der Waals surface area contributed by atoms with Crippen molar-refractivity contribution in [2.45, 2.75) is 13.3 Å². The SMILES string of the molecule is CC/C(=C(/c1ccc(O)cc1)c1ccc(N(C)CCNC)nc1)c1ccccc1. The first kappa shape index (κ1) is 20.6. The minimum absolute atomic E-state index is 0.269. The van der Waals surface area contributed by atoms with Gasteiger partial charge in [-0.2, -0.15) is 0 Å². The highest BCUT2D eigenvalue weighted by atomic mass is 16.3. The summed E-state index contributed by atoms with van der Waals surface area (Å²) < 4.78 is 0. The molecular weight excluding hydrogens is 358 g/mol. The molecule has 4 heteroatoms. The summed E-state index contributed by atoms with van der Waals surface area (Å²) in [7, 11) is 4.01. The molecule has 3 rings (SSSR count). The fraction of sp³-hybridized carbons (Fsp3) is 0.240. The lowest BCUT2D eigenvalue weighted by Crippen LogP contribution is -2.27. The van der Waals surface area contributed by atoms with E-state index in [0.717, 1.165) is 42.0 Å². The van der Waals surface area contributed by atoms with Gasteiger partial charge < -0.3 is 15.3 Å². The highest BCUT2D eigenvalue weighted by molar-refractivity contribution is 5.98. The highest BCUT2D eigenvalue weighted by Crippen LogP contribution is 2.35. The maximum atomic E-state index is 9.75. The quantitative estimate of drug-likeness (QED) is 0.545. The molecule has 0 fully saturated rings. The van der Waals surface area contributed by atoms with Gasteiger partial charge in [-0.25, -0.2) is 4.98 Å². The zero-order chi connectivity index (χ0) is 20.6. The lowest BCUT2D eigenvalue weighted by Gasteiger charge is -2.20. The molecule has 1 heterocycles. The fourth-order valence-corrected chi connectivity index (χ4v) is 3.46. The van der Waals surface area contributed by atoms with E-state index in [0.29, 0.717) is 0 Å². The van der Waals surface area contributed by atoms with Crippen LogP contribution in [0, 0.1) is 0 Å². The van der Waals surface area contributed by atoms with Crippen LogP contribution in [0.25, 0.3) is 11.1 Å². The van der Waals surface area contributed by atoms with Crippen LogP contribution in [0.5, 0.6) is 5.75 Å². The number of allylic oxidation sites excluding steroid dienone is 1. The molecule has 2 N–H and O–H groups in total. The Balaban J connectivity index is 2.08. The molecule has 1 aromatic heterocycles. The van der Waals surface area contributed by atoms with E-state index in [9.17, 15) is 5.11 Å². The van der Waals surface area contributed by atoms with E-state index in [4.69, 9.17) is 4.98 Å². The molecule has 0 saturated carbocycles. The number of phenolic OH excluding ortho intramolecular Hbond substituents is 1. The van der Waals surface area contributed by atoms with Crippen molar-refractivity contribution in [1.29, 1.82) is 0 Å². The Morgan fingerprint density at radius 1 is 0.931 bits per heavy atom. The Hall–Kier alpha value is -3.11. The molecule has 4 nitrogen and oxygen atoms in total. The number of likely N-dealkylation sites (N-methyl/N-ethyl adjacent to an activating group) is 2. The molecule has 150 valence electrons. The minimum atomic E-state index is 0.269. The van der Waals surface area contributed by atoms with E-state index in [2.05, 4.69) is 60.6 Å². The molecule has 0 amide bonds. The summed E-state index contributed by atoms with van der Waals surface area (Å²) in [6.45, 7) is 3.98. The summed E-state index contributed by atoms with van der Waals surface area (Å²) in [5.74, 6) is 1.22. The number of aromatic hydroxyl groups is 1. The van der Waals surface area contributed by atoms with Crippen LogP contribution in [0.3, 0.4) is 0 Å². The van der Waals surface area contributed by atoms with Crippen LogP contribution in [-0.4, -0.2) is 37.3 Å². The lowest BCUT2D eigenvalue weighted by molar-refractivity contribution is 0.475. The number of nitrogens with zero attached hydrogens (tertiary/aromatic N) is 2. The van der Waals surface area contributed by atoms with E-state index < -0.39 is 0 Å². The standard InChI is InChI=1S/C25H29N3O/c1-4-23(19-8-6-5-7-9-19)25(20-10-13-22(29)14-11-20)21-12-15-24(27-18-21)28(3)17-16-26-2/h5-15,18,26,29H,4,16-17H2,1-3H3/b25-23+. The molecule has 0 radical (unpaired) electrons. The Bertz CT molecular complexity index is 932. The van der Waals surface area contributed by atoms with Gasteiger partial charge in [0.2, 0.25) is 0 Å². The van der Waals surface area contributed by atoms with E-state index in [1.807, 2.05) is 31.4 Å². The molecule has 29 heavy (non-hydrogen) atoms. The first-order valence-corrected chi connectivity index (χ1v) is 10.0. The van der Waals surface area contributed by atoms with E-state index in [1.165, 1.54) is 11.1 Å². The number of phenols is 1. The molecule has 0 spiro atoms. The van der Waals surface area contributed by atoms with Gasteiger partial charge in [0.15, 0.2) is 0 Å². The predicted octanol–water partition coefficient (Wildman–Crippen LogP) is 4.81. The molecule has 0 aliphatic rings. The molecule has 0 bridgehead atoms. The smallest absolute Gasteiger partial charge is 0.128 e. The Morgan fingerprint density at radius 2 is 1.62 bits per heavy atom. The summed E-state index contributed by atoms with van der Waals surface area (Å²) in [5.41, 5.74) is 5.75. The second kappa shape index (κ2) is 9.89. The monoisotopic (exact) mass is 387 g/mol. The minimum Gasteiger partial charge on any atom is -0.508 e. The van der Waals surface area contributed by atoms with Gasteiger partial charge in [-0.1, -0.05) is 49.4 Å². The maximum absolute atomic E-state index is 9.75. The van der Waals surface area contributed by atoms with Crippen molar-refractivity contribution >= 4 is 17.0 Å². The van der Waals surface area contributed by atoms with Gasteiger partial charge in [0.1, 0.15) is 11.6 Å². The topological polar surface area (TPSA) is 48.4 Å². The molecule has 3 aromatic rings. The third kappa shape index (κ3) is 5.04. The van der Waals surface area contributed by atoms with Gasteiger partial charge >= 0.3 is 0 Å². The molecule has 2 aromatic carbocycles. The van der Waals surface area contributed by atoms with Crippen molar-refractivity contribution in [3.63, 3.8) is 0 Å². The average molecular weight is 388 g/mol. The van der Waals surface area contributed by atoms with Crippen molar-refractivity contribution in [2.75, 3.05) is 32.1 Å². The van der Waals surface area contributed by atoms with Crippen LogP contribution in [0.2, 0.25) is 0 Å². The number of rotatable bonds is 8. The van der Waals surface area contributed by atoms with Crippen molar-refractivity contribution < 1.29 is 5.11 Å². The summed E-state index contributed by atoms with van der Waals surface area (Å²) in [6, 6.07) is 22.1. The lowest BCUT2D eigenvalue weighted by atomic mass is 9.89. The van der Waals surface area contributed by atoms with Gasteiger partial charge in [-0.3, -0.25) is 0 Å². The van der Waals surface area contributed by atoms with Gasteiger partial charge in [0.25, 0.3) is 0 Å². The van der Waals surface area contributed by atoms with Gasteiger partial charge in [0, 0.05) is 31.9 Å². The maximum Gasteiger partial charge on any atom is 0.128 e. The number of aromatic nitrogens is 1. The summed E-state index contributed by atoms with van der Waals surface area (Å²) >= 11 is 0. The number of nitrogens with one attached hydrogen (secondary N) is 1. The van der Waals surface area contributed by atoms with Crippen LogP contribution in [0.15, 0.2) is 72.9 Å². The molecule has 0 aliphatic heterocycles. The molecule has 0 atom stereocenters. The number of hydrogen-bond donors (Lipinski definition) is 2. The van der Waals surface area contributed by atoms with Crippen molar-refractivity contribution in [3.8, 4) is 5.75 Å². The molecule has 0 unspecified atom stereocenters. The zero-order valence-corrected chi connectivity index (χ0v) is 17.4. The first-order valence-electron chi connectivity index (χ1n) is 10.0. The van der Waals surface area contributed by atoms with Crippen LogP contribution < -0.4 is 10.2 Å². The van der Waals surface area contributed by atoms with Crippen LogP contribution in [0.4, 0.5) is 5.82 Å². The van der Waals surface area contributed by atoms with Gasteiger partial charge in [0.05, 0.1) is 0 Å². The highest BCUT2D eigenvalue weighted by Gasteiger charge is 2.14. The normalized spacial score (nSPS) is 11.8. The van der Waals surface area contributed by atoms with Crippen molar-refractivity contribution in [3.05, 3.63) is 89.6 Å². The third-order valence-electron chi connectivity index (χ3n) is 5.06. The largest absolute Gasteiger partial charge is 0.508 e. The zero-order valence-electron chi connectivity index (χ0n) is 17.4. The van der Waals surface area contributed by atoms with Crippen molar-refractivity contribution in [2.24, 2.45) is 0 Å². The molecule has 0 aliphatic carbocycles. The Kier molecular flexibility index (Phi) is 7.04. The van der Waals surface area contributed by atoms with Crippen LogP contribution in [-0.2, 0) is 0 Å². The van der Waals surface area contributed by atoms with Crippen LogP contribution in [0.1, 0.15) is 30.0 Å². The second-order valence-electron chi connectivity index (χ2n) is 7.05. The van der Waals surface area contributed by atoms with E-state index >= 15 is 0 Å². The number of hydrogen-bond acceptors (Lipinski definition) is 4. The Morgan fingerprint density at radius 3 is 2.21 bits per heavy atom. The predicted molar refractivity (Wildman–Crippen MR) is 122 cm³/mol. The van der Waals surface area contributed by atoms with Gasteiger partial charge in [-0.15, -0.1) is 0 Å². The van der Waals surface area contributed by atoms with Crippen molar-refractivity contribution in [1.82, 2.24) is 10.3 Å². The number of pyridine rings is 1. The van der Waals surface area contributed by atoms with Gasteiger partial charge in [-0.05, 0) is 60.0 Å². The fourth-order valence-electron chi connectivity index (χ4n) is 3.46. The van der Waals surface area contributed by atoms with E-state index in [1.54, 1.807) is 12.1 Å². The average Bonchev–Trinajstić information content (AvgIpc) is 2.77. The van der Waals surface area contributed by atoms with E-state index in [-0.39, 0.29) is 5.75 Å². The third-order valence-corrected chi connectivity index (χ3v) is 5.06.